The molecule has 1 aromatic rings. The van der Waals surface area contributed by atoms with Crippen LogP contribution in [0.25, 0.3) is 0 Å². The van der Waals surface area contributed by atoms with Crippen molar-refractivity contribution in [3.63, 3.8) is 0 Å². The summed E-state index contributed by atoms with van der Waals surface area (Å²) in [5.74, 6) is 0.934. The zero-order valence-electron chi connectivity index (χ0n) is 11.9. The van der Waals surface area contributed by atoms with Crippen LogP contribution in [-0.2, 0) is 13.0 Å². The van der Waals surface area contributed by atoms with Gasteiger partial charge in [0.25, 0.3) is 0 Å². The molecule has 0 aliphatic rings. The Labute approximate surface area is 110 Å². The quantitative estimate of drug-likeness (QED) is 0.801. The second-order valence-electron chi connectivity index (χ2n) is 5.03. The monoisotopic (exact) mass is 246 g/mol. The zero-order valence-corrected chi connectivity index (χ0v) is 11.9. The minimum Gasteiger partial charge on any atom is -0.496 e. The summed E-state index contributed by atoms with van der Waals surface area (Å²) in [6.45, 7) is 6.73. The topological polar surface area (TPSA) is 36.3 Å². The van der Waals surface area contributed by atoms with Crippen molar-refractivity contribution < 1.29 is 4.74 Å². The van der Waals surface area contributed by atoms with Crippen LogP contribution >= 0.6 is 0 Å². The van der Waals surface area contributed by atoms with Crippen molar-refractivity contribution >= 4 is 0 Å². The van der Waals surface area contributed by atoms with Gasteiger partial charge in [-0.1, -0.05) is 19.1 Å². The molecule has 0 heterocycles. The van der Waals surface area contributed by atoms with Gasteiger partial charge in [-0.3, -0.25) is 4.90 Å². The molecule has 0 amide bonds. The molecule has 0 atom stereocenters. The van der Waals surface area contributed by atoms with E-state index in [9.17, 15) is 0 Å². The molecule has 0 fully saturated rings. The third kappa shape index (κ3) is 3.24. The highest BCUT2D eigenvalue weighted by Crippen LogP contribution is 2.22. The zero-order chi connectivity index (χ0) is 13.8. The van der Waals surface area contributed by atoms with E-state index in [0.717, 1.165) is 18.7 Å². The average Bonchev–Trinajstić information content (AvgIpc) is 2.38. The standard InChI is InChI=1S/C15H22N2O/c1-6-13-9-12(7-8-14(13)18-5)10-17(4)15(2,3)11-16/h7-9H,6,10H2,1-5H3. The molecule has 3 heteroatoms. The molecule has 0 aromatic heterocycles. The summed E-state index contributed by atoms with van der Waals surface area (Å²) in [5, 5.41) is 9.11. The van der Waals surface area contributed by atoms with Gasteiger partial charge < -0.3 is 4.74 Å². The van der Waals surface area contributed by atoms with Crippen LogP contribution in [0.15, 0.2) is 18.2 Å². The average molecular weight is 246 g/mol. The van der Waals surface area contributed by atoms with Crippen LogP contribution in [0.5, 0.6) is 5.75 Å². The molecule has 0 radical (unpaired) electrons. The van der Waals surface area contributed by atoms with Crippen LogP contribution in [0.2, 0.25) is 0 Å². The number of nitriles is 1. The maximum absolute atomic E-state index is 9.11. The van der Waals surface area contributed by atoms with Gasteiger partial charge in [0.1, 0.15) is 11.3 Å². The predicted octanol–water partition coefficient (Wildman–Crippen LogP) is 2.99. The predicted molar refractivity (Wildman–Crippen MR) is 73.5 cm³/mol. The third-order valence-corrected chi connectivity index (χ3v) is 3.37. The SMILES string of the molecule is CCc1cc(CN(C)C(C)(C)C#N)ccc1OC. The number of hydrogen-bond donors (Lipinski definition) is 0. The van der Waals surface area contributed by atoms with E-state index in [1.807, 2.05) is 31.9 Å². The maximum atomic E-state index is 9.11. The fraction of sp³-hybridized carbons (Fsp3) is 0.533. The summed E-state index contributed by atoms with van der Waals surface area (Å²) in [6.07, 6.45) is 0.947. The fourth-order valence-electron chi connectivity index (χ4n) is 1.76. The van der Waals surface area contributed by atoms with E-state index in [1.165, 1.54) is 11.1 Å². The van der Waals surface area contributed by atoms with Gasteiger partial charge in [-0.15, -0.1) is 0 Å². The highest BCUT2D eigenvalue weighted by atomic mass is 16.5. The van der Waals surface area contributed by atoms with Gasteiger partial charge in [-0.05, 0) is 44.5 Å². The highest BCUT2D eigenvalue weighted by Gasteiger charge is 2.22. The number of nitrogens with zero attached hydrogens (tertiary/aromatic N) is 2. The van der Waals surface area contributed by atoms with E-state index in [4.69, 9.17) is 10.00 Å². The van der Waals surface area contributed by atoms with E-state index in [0.29, 0.717) is 0 Å². The molecule has 0 bridgehead atoms. The van der Waals surface area contributed by atoms with Crippen molar-refractivity contribution in [2.75, 3.05) is 14.2 Å². The van der Waals surface area contributed by atoms with Gasteiger partial charge in [0, 0.05) is 6.54 Å². The van der Waals surface area contributed by atoms with Gasteiger partial charge in [-0.25, -0.2) is 0 Å². The lowest BCUT2D eigenvalue weighted by Crippen LogP contribution is -2.39. The van der Waals surface area contributed by atoms with Crippen LogP contribution in [0.3, 0.4) is 0 Å². The van der Waals surface area contributed by atoms with Gasteiger partial charge in [-0.2, -0.15) is 5.26 Å². The van der Waals surface area contributed by atoms with E-state index < -0.39 is 5.54 Å². The molecule has 18 heavy (non-hydrogen) atoms. The number of ether oxygens (including phenoxy) is 1. The normalized spacial score (nSPS) is 11.4. The Bertz CT molecular complexity index is 446. The van der Waals surface area contributed by atoms with E-state index in [-0.39, 0.29) is 0 Å². The number of hydrogen-bond acceptors (Lipinski definition) is 3. The first-order valence-corrected chi connectivity index (χ1v) is 6.23. The number of rotatable bonds is 5. The van der Waals surface area contributed by atoms with Crippen molar-refractivity contribution in [3.05, 3.63) is 29.3 Å². The molecular weight excluding hydrogens is 224 g/mol. The summed E-state index contributed by atoms with van der Waals surface area (Å²) in [6, 6.07) is 8.53. The number of methoxy groups -OCH3 is 1. The highest BCUT2D eigenvalue weighted by molar-refractivity contribution is 5.37. The number of benzene rings is 1. The van der Waals surface area contributed by atoms with Crippen molar-refractivity contribution in [2.24, 2.45) is 0 Å². The molecule has 1 rings (SSSR count). The van der Waals surface area contributed by atoms with Gasteiger partial charge in [0.05, 0.1) is 13.2 Å². The Hall–Kier alpha value is -1.53. The van der Waals surface area contributed by atoms with E-state index in [1.54, 1.807) is 7.11 Å². The lowest BCUT2D eigenvalue weighted by Gasteiger charge is -2.29. The summed E-state index contributed by atoms with van der Waals surface area (Å²) < 4.78 is 5.32. The van der Waals surface area contributed by atoms with E-state index >= 15 is 0 Å². The second-order valence-corrected chi connectivity index (χ2v) is 5.03. The molecular formula is C15H22N2O. The third-order valence-electron chi connectivity index (χ3n) is 3.37. The smallest absolute Gasteiger partial charge is 0.122 e. The van der Waals surface area contributed by atoms with Crippen molar-refractivity contribution in [1.29, 1.82) is 5.26 Å². The molecule has 1 aromatic carbocycles. The Balaban J connectivity index is 2.90. The second kappa shape index (κ2) is 5.88. The minimum absolute atomic E-state index is 0.452. The summed E-state index contributed by atoms with van der Waals surface area (Å²) in [7, 11) is 3.66. The van der Waals surface area contributed by atoms with E-state index in [2.05, 4.69) is 25.1 Å². The van der Waals surface area contributed by atoms with Crippen LogP contribution in [0.1, 0.15) is 31.9 Å². The first-order chi connectivity index (χ1) is 8.44. The first kappa shape index (κ1) is 14.5. The molecule has 0 N–H and O–H groups in total. The van der Waals surface area contributed by atoms with Crippen LogP contribution in [-0.4, -0.2) is 24.6 Å². The maximum Gasteiger partial charge on any atom is 0.122 e. The molecule has 0 saturated heterocycles. The summed E-state index contributed by atoms with van der Waals surface area (Å²) >= 11 is 0. The molecule has 3 nitrogen and oxygen atoms in total. The van der Waals surface area contributed by atoms with Gasteiger partial charge in [0.2, 0.25) is 0 Å². The van der Waals surface area contributed by atoms with Crippen LogP contribution < -0.4 is 4.74 Å². The summed E-state index contributed by atoms with van der Waals surface area (Å²) in [4.78, 5) is 2.05. The molecule has 0 unspecified atom stereocenters. The molecule has 0 spiro atoms. The van der Waals surface area contributed by atoms with Crippen LogP contribution in [0.4, 0.5) is 0 Å². The Morgan fingerprint density at radius 2 is 2.06 bits per heavy atom. The van der Waals surface area contributed by atoms with Gasteiger partial charge in [0.15, 0.2) is 0 Å². The minimum atomic E-state index is -0.452. The van der Waals surface area contributed by atoms with Gasteiger partial charge >= 0.3 is 0 Å². The Kier molecular flexibility index (Phi) is 4.75. The molecule has 98 valence electrons. The van der Waals surface area contributed by atoms with Crippen LogP contribution in [0, 0.1) is 11.3 Å². The summed E-state index contributed by atoms with van der Waals surface area (Å²) in [5.41, 5.74) is 1.96. The Morgan fingerprint density at radius 3 is 2.56 bits per heavy atom. The van der Waals surface area contributed by atoms with Crippen molar-refractivity contribution in [2.45, 2.75) is 39.3 Å². The largest absolute Gasteiger partial charge is 0.496 e. The molecule has 0 aliphatic heterocycles. The molecule has 0 aliphatic carbocycles. The lowest BCUT2D eigenvalue weighted by molar-refractivity contribution is 0.203. The first-order valence-electron chi connectivity index (χ1n) is 6.23. The number of aryl methyl sites for hydroxylation is 1. The molecule has 0 saturated carbocycles. The fourth-order valence-corrected chi connectivity index (χ4v) is 1.76. The Morgan fingerprint density at radius 1 is 1.39 bits per heavy atom. The van der Waals surface area contributed by atoms with Crippen molar-refractivity contribution in [3.8, 4) is 11.8 Å². The lowest BCUT2D eigenvalue weighted by atomic mass is 10.0. The van der Waals surface area contributed by atoms with Crippen molar-refractivity contribution in [1.82, 2.24) is 4.90 Å².